The summed E-state index contributed by atoms with van der Waals surface area (Å²) in [5.74, 6) is -1.54. The van der Waals surface area contributed by atoms with E-state index < -0.39 is 23.9 Å². The molecule has 330 valence electrons. The third-order valence-corrected chi connectivity index (χ3v) is 12.2. The fourth-order valence-corrected chi connectivity index (χ4v) is 8.61. The Morgan fingerprint density at radius 1 is 0.857 bits per heavy atom. The van der Waals surface area contributed by atoms with Crippen molar-refractivity contribution in [2.24, 2.45) is 5.92 Å². The number of aromatic nitrogens is 5. The normalized spacial score (nSPS) is 11.7. The number of carboxylic acid groups (broad SMARTS) is 1. The summed E-state index contributed by atoms with van der Waals surface area (Å²) in [7, 11) is 0. The summed E-state index contributed by atoms with van der Waals surface area (Å²) in [6.45, 7) is 5.00. The molecule has 2 aromatic heterocycles. The van der Waals surface area contributed by atoms with E-state index in [0.717, 1.165) is 55.2 Å². The smallest absolute Gasteiger partial charge is 0.420 e. The van der Waals surface area contributed by atoms with E-state index in [-0.39, 0.29) is 33.8 Å². The Balaban J connectivity index is 1.25. The second-order valence-corrected chi connectivity index (χ2v) is 17.1. The quantitative estimate of drug-likeness (QED) is 0.0336. The Kier molecular flexibility index (Phi) is 17.2. The molecule has 0 saturated carbocycles. The molecule has 1 unspecified atom stereocenters. The molecule has 2 heterocycles. The zero-order chi connectivity index (χ0) is 44.7. The standard InChI is InChI=1S/C47H51Cl2N7O6S/c1-3-5-7-8-9-10-13-34(45(59)60)25-31-17-19-32(20-18-31)29-55(41-16-11-15-37-36(41)21-22-40(42(37)57)51-44(58)35-14-12-23-50-28-35)47(61)62-43-38(48)26-33(27-39(43)49)30-63-46-52-53-54-56(46)24-6-4-2/h11-12,14-23,26-28,34,57H,3-10,13,24-25,29-30H2,1-2H3,(H,51,58)(H,59,60). The zero-order valence-electron chi connectivity index (χ0n) is 35.3. The van der Waals surface area contributed by atoms with Crippen LogP contribution in [0.2, 0.25) is 10.0 Å². The van der Waals surface area contributed by atoms with E-state index in [1.807, 2.05) is 24.3 Å². The number of phenolic OH excluding ortho intramolecular Hbond substituents is 1. The lowest BCUT2D eigenvalue weighted by Gasteiger charge is -2.25. The van der Waals surface area contributed by atoms with E-state index in [9.17, 15) is 24.6 Å². The first-order valence-electron chi connectivity index (χ1n) is 21.2. The monoisotopic (exact) mass is 911 g/mol. The number of tetrazole rings is 1. The van der Waals surface area contributed by atoms with Gasteiger partial charge in [0.05, 0.1) is 39.4 Å². The minimum Gasteiger partial charge on any atom is -0.505 e. The van der Waals surface area contributed by atoms with Gasteiger partial charge in [-0.05, 0) is 88.8 Å². The maximum Gasteiger partial charge on any atom is 0.420 e. The molecular formula is C47H51Cl2N7O6S. The molecule has 0 bridgehead atoms. The molecule has 63 heavy (non-hydrogen) atoms. The van der Waals surface area contributed by atoms with Crippen LogP contribution in [0.5, 0.6) is 11.5 Å². The Bertz CT molecular complexity index is 2470. The van der Waals surface area contributed by atoms with Gasteiger partial charge in [-0.15, -0.1) is 5.10 Å². The van der Waals surface area contributed by atoms with Gasteiger partial charge < -0.3 is 20.3 Å². The minimum absolute atomic E-state index is 0.0231. The first-order valence-corrected chi connectivity index (χ1v) is 22.9. The number of nitrogens with one attached hydrogen (secondary N) is 1. The van der Waals surface area contributed by atoms with Gasteiger partial charge in [0, 0.05) is 35.5 Å². The van der Waals surface area contributed by atoms with Crippen LogP contribution >= 0.6 is 35.0 Å². The van der Waals surface area contributed by atoms with Crippen LogP contribution in [0.25, 0.3) is 10.8 Å². The highest BCUT2D eigenvalue weighted by Crippen LogP contribution is 2.40. The lowest BCUT2D eigenvalue weighted by atomic mass is 9.93. The molecule has 0 fully saturated rings. The molecule has 3 N–H and O–H groups in total. The number of carbonyl (C=O) groups excluding carboxylic acids is 2. The van der Waals surface area contributed by atoms with E-state index in [2.05, 4.69) is 39.7 Å². The van der Waals surface area contributed by atoms with Gasteiger partial charge in [0.15, 0.2) is 5.75 Å². The van der Waals surface area contributed by atoms with Crippen LogP contribution in [0.4, 0.5) is 16.2 Å². The van der Waals surface area contributed by atoms with Crippen LogP contribution in [0.15, 0.2) is 96.4 Å². The molecule has 0 spiro atoms. The average Bonchev–Trinajstić information content (AvgIpc) is 3.74. The number of aliphatic carboxylic acids is 1. The molecule has 6 rings (SSSR count). The van der Waals surface area contributed by atoms with Gasteiger partial charge in [0.1, 0.15) is 5.75 Å². The first kappa shape index (κ1) is 46.8. The number of aromatic hydroxyl groups is 1. The van der Waals surface area contributed by atoms with Crippen LogP contribution in [-0.2, 0) is 30.1 Å². The summed E-state index contributed by atoms with van der Waals surface area (Å²) in [6.07, 6.45) is 11.6. The Morgan fingerprint density at radius 3 is 2.30 bits per heavy atom. The number of carboxylic acids is 1. The summed E-state index contributed by atoms with van der Waals surface area (Å²) in [5, 5.41) is 38.0. The van der Waals surface area contributed by atoms with E-state index in [4.69, 9.17) is 27.9 Å². The van der Waals surface area contributed by atoms with E-state index in [1.54, 1.807) is 65.5 Å². The van der Waals surface area contributed by atoms with Gasteiger partial charge in [0.2, 0.25) is 5.16 Å². The Hall–Kier alpha value is -5.70. The number of unbranched alkanes of at least 4 members (excludes halogenated alkanes) is 6. The topological polar surface area (TPSA) is 173 Å². The van der Waals surface area contributed by atoms with Crippen molar-refractivity contribution in [1.29, 1.82) is 0 Å². The third-order valence-electron chi connectivity index (χ3n) is 10.6. The molecular weight excluding hydrogens is 862 g/mol. The highest BCUT2D eigenvalue weighted by molar-refractivity contribution is 7.98. The maximum absolute atomic E-state index is 14.4. The molecule has 0 saturated heterocycles. The summed E-state index contributed by atoms with van der Waals surface area (Å²) < 4.78 is 7.75. The van der Waals surface area contributed by atoms with Gasteiger partial charge in [-0.3, -0.25) is 19.5 Å². The number of phenols is 1. The van der Waals surface area contributed by atoms with Crippen molar-refractivity contribution in [3.63, 3.8) is 0 Å². The fraction of sp³-hybridized carbons (Fsp3) is 0.340. The molecule has 0 aliphatic carbocycles. The first-order chi connectivity index (χ1) is 30.6. The average molecular weight is 913 g/mol. The van der Waals surface area contributed by atoms with E-state index in [0.29, 0.717) is 52.3 Å². The largest absolute Gasteiger partial charge is 0.505 e. The van der Waals surface area contributed by atoms with Gasteiger partial charge in [0.25, 0.3) is 5.91 Å². The molecule has 6 aromatic rings. The van der Waals surface area contributed by atoms with Crippen molar-refractivity contribution in [2.45, 2.75) is 102 Å². The molecule has 0 aliphatic rings. The predicted octanol–water partition coefficient (Wildman–Crippen LogP) is 11.8. The second kappa shape index (κ2) is 23.1. The van der Waals surface area contributed by atoms with Gasteiger partial charge in [-0.25, -0.2) is 9.48 Å². The van der Waals surface area contributed by atoms with Crippen molar-refractivity contribution in [2.75, 3.05) is 10.2 Å². The molecule has 2 amide bonds. The van der Waals surface area contributed by atoms with Crippen molar-refractivity contribution < 1.29 is 29.3 Å². The van der Waals surface area contributed by atoms with Crippen molar-refractivity contribution in [3.05, 3.63) is 124 Å². The summed E-state index contributed by atoms with van der Waals surface area (Å²) in [6, 6.07) is 22.5. The number of benzene rings is 4. The maximum atomic E-state index is 14.4. The number of carbonyl (C=O) groups is 3. The number of pyridine rings is 1. The number of ether oxygens (including phenoxy) is 1. The summed E-state index contributed by atoms with van der Waals surface area (Å²) in [5.41, 5.74) is 3.25. The SMILES string of the molecule is CCCCCCCCC(Cc1ccc(CN(C(=O)Oc2c(Cl)cc(CSc3nnnn3CCCC)cc2Cl)c2cccc3c(O)c(NC(=O)c4cccnc4)ccc23)cc1)C(=O)O. The number of thioether (sulfide) groups is 1. The lowest BCUT2D eigenvalue weighted by molar-refractivity contribution is -0.142. The number of amides is 2. The van der Waals surface area contributed by atoms with Crippen LogP contribution < -0.4 is 15.0 Å². The number of hydrogen-bond donors (Lipinski definition) is 3. The molecule has 4 aromatic carbocycles. The molecule has 1 atom stereocenters. The third kappa shape index (κ3) is 12.7. The number of fused-ring (bicyclic) bond motifs is 1. The van der Waals surface area contributed by atoms with Crippen LogP contribution in [0.1, 0.15) is 98.7 Å². The summed E-state index contributed by atoms with van der Waals surface area (Å²) in [4.78, 5) is 45.0. The predicted molar refractivity (Wildman–Crippen MR) is 248 cm³/mol. The number of nitrogens with zero attached hydrogens (tertiary/aromatic N) is 6. The number of aryl methyl sites for hydroxylation is 1. The van der Waals surface area contributed by atoms with E-state index in [1.165, 1.54) is 35.7 Å². The molecule has 13 nitrogen and oxygen atoms in total. The van der Waals surface area contributed by atoms with Gasteiger partial charge in [-0.1, -0.05) is 130 Å². The number of hydrogen-bond acceptors (Lipinski definition) is 10. The number of rotatable bonds is 22. The van der Waals surface area contributed by atoms with Crippen molar-refractivity contribution in [1.82, 2.24) is 25.2 Å². The Labute approximate surface area is 381 Å². The van der Waals surface area contributed by atoms with Crippen LogP contribution in [0.3, 0.4) is 0 Å². The molecule has 0 radical (unpaired) electrons. The van der Waals surface area contributed by atoms with Gasteiger partial charge in [-0.2, -0.15) is 0 Å². The highest BCUT2D eigenvalue weighted by Gasteiger charge is 2.25. The Morgan fingerprint density at radius 2 is 1.59 bits per heavy atom. The van der Waals surface area contributed by atoms with Crippen LogP contribution in [0, 0.1) is 5.92 Å². The zero-order valence-corrected chi connectivity index (χ0v) is 37.6. The van der Waals surface area contributed by atoms with Crippen LogP contribution in [-0.4, -0.2) is 53.4 Å². The van der Waals surface area contributed by atoms with Gasteiger partial charge >= 0.3 is 12.1 Å². The fourth-order valence-electron chi connectivity index (χ4n) is 7.16. The number of anilines is 2. The second-order valence-electron chi connectivity index (χ2n) is 15.3. The lowest BCUT2D eigenvalue weighted by Crippen LogP contribution is -2.33. The van der Waals surface area contributed by atoms with E-state index >= 15 is 0 Å². The van der Waals surface area contributed by atoms with Crippen molar-refractivity contribution in [3.8, 4) is 11.5 Å². The summed E-state index contributed by atoms with van der Waals surface area (Å²) >= 11 is 15.0. The minimum atomic E-state index is -0.811. The van der Waals surface area contributed by atoms with Crippen molar-refractivity contribution >= 4 is 75.1 Å². The molecule has 16 heteroatoms. The highest BCUT2D eigenvalue weighted by atomic mass is 35.5. The number of halogens is 2. The molecule has 0 aliphatic heterocycles.